The standard InChI is InChI=1S/C59H64N4O/c1-56(2,3)42-22-20-40(21-23-42)41-30-39(31-45(32-41)59(10,11)12)37-61-38-62(54-33-43(57(4,5)6)24-27-52(54)61)46-16-15-17-47(35-46)64-48-25-26-50-49-18-13-14-19-51(49)63(53(50)36-48)55-34-44(28-29-60-55)58(7,8)9/h13-36H,37-38H2,1-12H3. The number of ether oxygens (including phenoxy) is 1. The van der Waals surface area contributed by atoms with Crippen LogP contribution in [0.1, 0.15) is 111 Å². The van der Waals surface area contributed by atoms with E-state index in [-0.39, 0.29) is 21.7 Å². The molecule has 3 heterocycles. The Morgan fingerprint density at radius 1 is 0.484 bits per heavy atom. The fraction of sp³-hybridized carbons (Fsp3) is 0.305. The first-order valence-corrected chi connectivity index (χ1v) is 22.9. The fourth-order valence-corrected chi connectivity index (χ4v) is 9.04. The summed E-state index contributed by atoms with van der Waals surface area (Å²) in [6, 6.07) is 51.3. The molecule has 0 unspecified atom stereocenters. The molecule has 0 saturated carbocycles. The summed E-state index contributed by atoms with van der Waals surface area (Å²) in [5.74, 6) is 2.47. The minimum Gasteiger partial charge on any atom is -0.457 e. The Hall–Kier alpha value is -6.33. The number of rotatable bonds is 7. The van der Waals surface area contributed by atoms with Crippen molar-refractivity contribution in [1.82, 2.24) is 9.55 Å². The number of aromatic nitrogens is 2. The van der Waals surface area contributed by atoms with E-state index in [1.807, 2.05) is 6.20 Å². The predicted molar refractivity (Wildman–Crippen MR) is 271 cm³/mol. The average Bonchev–Trinajstić information content (AvgIpc) is 3.77. The molecule has 0 fully saturated rings. The van der Waals surface area contributed by atoms with Crippen molar-refractivity contribution in [2.45, 2.75) is 111 Å². The number of nitrogens with zero attached hydrogens (tertiary/aromatic N) is 4. The van der Waals surface area contributed by atoms with E-state index in [4.69, 9.17) is 9.72 Å². The summed E-state index contributed by atoms with van der Waals surface area (Å²) in [7, 11) is 0. The van der Waals surface area contributed by atoms with Crippen molar-refractivity contribution in [3.8, 4) is 28.4 Å². The minimum absolute atomic E-state index is 0.00223. The lowest BCUT2D eigenvalue weighted by molar-refractivity contribution is 0.483. The molecule has 64 heavy (non-hydrogen) atoms. The number of fused-ring (bicyclic) bond motifs is 4. The Labute approximate surface area is 381 Å². The van der Waals surface area contributed by atoms with Crippen molar-refractivity contribution in [3.63, 3.8) is 0 Å². The van der Waals surface area contributed by atoms with E-state index in [0.717, 1.165) is 40.6 Å². The number of hydrogen-bond donors (Lipinski definition) is 0. The normalized spacial score (nSPS) is 13.6. The molecule has 2 aromatic heterocycles. The van der Waals surface area contributed by atoms with Crippen molar-refractivity contribution in [2.75, 3.05) is 16.5 Å². The summed E-state index contributed by atoms with van der Waals surface area (Å²) < 4.78 is 9.06. The summed E-state index contributed by atoms with van der Waals surface area (Å²) in [6.45, 7) is 28.9. The molecule has 326 valence electrons. The topological polar surface area (TPSA) is 33.5 Å². The zero-order valence-corrected chi connectivity index (χ0v) is 40.0. The highest BCUT2D eigenvalue weighted by atomic mass is 16.5. The number of para-hydroxylation sites is 1. The lowest BCUT2D eigenvalue weighted by Gasteiger charge is -2.25. The number of hydrogen-bond acceptors (Lipinski definition) is 4. The van der Waals surface area contributed by atoms with Crippen molar-refractivity contribution in [1.29, 1.82) is 0 Å². The van der Waals surface area contributed by atoms with Crippen LogP contribution in [-0.4, -0.2) is 16.2 Å². The molecule has 0 amide bonds. The summed E-state index contributed by atoms with van der Waals surface area (Å²) in [5, 5.41) is 2.36. The van der Waals surface area contributed by atoms with Crippen molar-refractivity contribution in [3.05, 3.63) is 174 Å². The van der Waals surface area contributed by atoms with E-state index in [1.165, 1.54) is 61.1 Å². The smallest absolute Gasteiger partial charge is 0.137 e. The molecular weight excluding hydrogens is 781 g/mol. The highest BCUT2D eigenvalue weighted by Gasteiger charge is 2.30. The van der Waals surface area contributed by atoms with Crippen LogP contribution in [0, 0.1) is 0 Å². The lowest BCUT2D eigenvalue weighted by atomic mass is 9.83. The summed E-state index contributed by atoms with van der Waals surface area (Å²) in [5.41, 5.74) is 14.9. The fourth-order valence-electron chi connectivity index (χ4n) is 9.04. The van der Waals surface area contributed by atoms with E-state index in [1.54, 1.807) is 0 Å². The van der Waals surface area contributed by atoms with Gasteiger partial charge in [0.15, 0.2) is 0 Å². The third-order valence-corrected chi connectivity index (χ3v) is 13.0. The van der Waals surface area contributed by atoms with Gasteiger partial charge in [0.2, 0.25) is 0 Å². The first-order chi connectivity index (χ1) is 30.2. The van der Waals surface area contributed by atoms with Crippen LogP contribution in [0.25, 0.3) is 38.8 Å². The first kappa shape index (κ1) is 42.9. The molecule has 6 aromatic carbocycles. The molecule has 0 N–H and O–H groups in total. The predicted octanol–water partition coefficient (Wildman–Crippen LogP) is 15.9. The van der Waals surface area contributed by atoms with Gasteiger partial charge in [0, 0.05) is 41.3 Å². The average molecular weight is 845 g/mol. The van der Waals surface area contributed by atoms with Crippen LogP contribution in [0.15, 0.2) is 146 Å². The van der Waals surface area contributed by atoms with Crippen molar-refractivity contribution < 1.29 is 4.74 Å². The Morgan fingerprint density at radius 2 is 1.14 bits per heavy atom. The second kappa shape index (κ2) is 15.7. The summed E-state index contributed by atoms with van der Waals surface area (Å²) >= 11 is 0. The summed E-state index contributed by atoms with van der Waals surface area (Å²) in [4.78, 5) is 9.87. The number of pyridine rings is 1. The molecule has 8 aromatic rings. The Kier molecular flexibility index (Phi) is 10.6. The Morgan fingerprint density at radius 3 is 1.86 bits per heavy atom. The monoisotopic (exact) mass is 845 g/mol. The van der Waals surface area contributed by atoms with Gasteiger partial charge in [-0.25, -0.2) is 4.98 Å². The molecule has 1 aliphatic rings. The molecule has 0 saturated heterocycles. The zero-order valence-electron chi connectivity index (χ0n) is 40.0. The van der Waals surface area contributed by atoms with E-state index in [2.05, 4.69) is 237 Å². The molecule has 0 bridgehead atoms. The maximum atomic E-state index is 6.79. The molecule has 5 nitrogen and oxygen atoms in total. The SMILES string of the molecule is CC(C)(C)c1ccc(-c2cc(CN3CN(c4cccc(Oc5ccc6c7ccccc7n(-c7cc(C(C)(C)C)ccn7)c6c5)c4)c4cc(C(C)(C)C)ccc43)cc(C(C)(C)C)c2)cc1. The van der Waals surface area contributed by atoms with Crippen LogP contribution in [0.2, 0.25) is 0 Å². The Balaban J connectivity index is 1.06. The molecule has 0 aliphatic carbocycles. The van der Waals surface area contributed by atoms with Crippen molar-refractivity contribution in [2.24, 2.45) is 0 Å². The maximum Gasteiger partial charge on any atom is 0.137 e. The van der Waals surface area contributed by atoms with Gasteiger partial charge >= 0.3 is 0 Å². The van der Waals surface area contributed by atoms with Crippen molar-refractivity contribution >= 4 is 38.9 Å². The molecule has 0 spiro atoms. The highest BCUT2D eigenvalue weighted by Crippen LogP contribution is 2.45. The van der Waals surface area contributed by atoms with Gasteiger partial charge in [-0.1, -0.05) is 150 Å². The van der Waals surface area contributed by atoms with Crippen LogP contribution >= 0.6 is 0 Å². The van der Waals surface area contributed by atoms with Gasteiger partial charge in [0.05, 0.1) is 29.1 Å². The van der Waals surface area contributed by atoms with Crippen LogP contribution in [0.5, 0.6) is 11.5 Å². The molecular formula is C59H64N4O. The largest absolute Gasteiger partial charge is 0.457 e. The lowest BCUT2D eigenvalue weighted by Crippen LogP contribution is -2.27. The molecule has 0 atom stereocenters. The quantitative estimate of drug-likeness (QED) is 0.160. The van der Waals surface area contributed by atoms with E-state index < -0.39 is 0 Å². The number of benzene rings is 6. The molecule has 5 heteroatoms. The van der Waals surface area contributed by atoms with Crippen LogP contribution in [0.4, 0.5) is 17.1 Å². The van der Waals surface area contributed by atoms with Gasteiger partial charge in [0.1, 0.15) is 17.3 Å². The zero-order chi connectivity index (χ0) is 45.3. The number of anilines is 3. The Bertz CT molecular complexity index is 3020. The van der Waals surface area contributed by atoms with Gasteiger partial charge in [-0.05, 0) is 121 Å². The maximum absolute atomic E-state index is 6.79. The van der Waals surface area contributed by atoms with Gasteiger partial charge < -0.3 is 14.5 Å². The van der Waals surface area contributed by atoms with Crippen LogP contribution < -0.4 is 14.5 Å². The van der Waals surface area contributed by atoms with Gasteiger partial charge in [-0.15, -0.1) is 0 Å². The van der Waals surface area contributed by atoms with Gasteiger partial charge in [-0.2, -0.15) is 0 Å². The van der Waals surface area contributed by atoms with E-state index in [0.29, 0.717) is 6.67 Å². The molecule has 9 rings (SSSR count). The second-order valence-corrected chi connectivity index (χ2v) is 22.0. The van der Waals surface area contributed by atoms with Crippen LogP contribution in [0.3, 0.4) is 0 Å². The van der Waals surface area contributed by atoms with Crippen LogP contribution in [-0.2, 0) is 28.2 Å². The third kappa shape index (κ3) is 8.41. The first-order valence-electron chi connectivity index (χ1n) is 22.9. The second-order valence-electron chi connectivity index (χ2n) is 22.0. The minimum atomic E-state index is -0.00280. The molecule has 0 radical (unpaired) electrons. The van der Waals surface area contributed by atoms with Gasteiger partial charge in [-0.3, -0.25) is 4.57 Å². The van der Waals surface area contributed by atoms with E-state index in [9.17, 15) is 0 Å². The highest BCUT2D eigenvalue weighted by molar-refractivity contribution is 6.09. The third-order valence-electron chi connectivity index (χ3n) is 13.0. The van der Waals surface area contributed by atoms with E-state index >= 15 is 0 Å². The molecule has 1 aliphatic heterocycles. The van der Waals surface area contributed by atoms with Gasteiger partial charge in [0.25, 0.3) is 0 Å². The summed E-state index contributed by atoms with van der Waals surface area (Å²) in [6.07, 6.45) is 1.93.